The van der Waals surface area contributed by atoms with Crippen molar-refractivity contribution in [2.75, 3.05) is 13.1 Å². The van der Waals surface area contributed by atoms with Crippen molar-refractivity contribution in [2.45, 2.75) is 36.8 Å². The molecule has 1 N–H and O–H groups in total. The van der Waals surface area contributed by atoms with Gasteiger partial charge in [-0.05, 0) is 55.3 Å². The van der Waals surface area contributed by atoms with Gasteiger partial charge >= 0.3 is 6.18 Å². The molecule has 1 aliphatic rings. The molecule has 1 aromatic carbocycles. The molecule has 1 unspecified atom stereocenters. The summed E-state index contributed by atoms with van der Waals surface area (Å²) in [5, 5.41) is 3.26. The molecule has 0 radical (unpaired) electrons. The van der Waals surface area contributed by atoms with Gasteiger partial charge in [0.25, 0.3) is 0 Å². The third-order valence-corrected chi connectivity index (χ3v) is 5.31. The van der Waals surface area contributed by atoms with E-state index in [1.54, 1.807) is 18.2 Å². The second kappa shape index (κ2) is 8.08. The number of halogens is 3. The SMILES string of the molecule is C=CC1=C(C=C)C(CCCNCC)c2cc(C(F)(F)F)ccc2S1. The van der Waals surface area contributed by atoms with Crippen LogP contribution in [0.2, 0.25) is 0 Å². The molecule has 1 aromatic rings. The topological polar surface area (TPSA) is 12.0 Å². The molecular weight excluding hydrogens is 331 g/mol. The zero-order valence-corrected chi connectivity index (χ0v) is 14.6. The zero-order valence-electron chi connectivity index (χ0n) is 13.7. The Balaban J connectivity index is 2.41. The van der Waals surface area contributed by atoms with Crippen LogP contribution in [0.25, 0.3) is 0 Å². The zero-order chi connectivity index (χ0) is 17.7. The van der Waals surface area contributed by atoms with Crippen molar-refractivity contribution < 1.29 is 13.2 Å². The van der Waals surface area contributed by atoms with Gasteiger partial charge in [0.1, 0.15) is 0 Å². The molecule has 1 heterocycles. The Morgan fingerprint density at radius 2 is 2.00 bits per heavy atom. The Labute approximate surface area is 145 Å². The number of alkyl halides is 3. The third-order valence-electron chi connectivity index (χ3n) is 4.09. The highest BCUT2D eigenvalue weighted by Gasteiger charge is 2.33. The Bertz CT molecular complexity index is 647. The third kappa shape index (κ3) is 4.14. The van der Waals surface area contributed by atoms with Crippen molar-refractivity contribution in [1.29, 1.82) is 0 Å². The van der Waals surface area contributed by atoms with Gasteiger partial charge in [0, 0.05) is 15.7 Å². The molecule has 0 bridgehead atoms. The molecule has 0 saturated carbocycles. The molecule has 2 rings (SSSR count). The lowest BCUT2D eigenvalue weighted by Crippen LogP contribution is -2.17. The molecule has 0 spiro atoms. The summed E-state index contributed by atoms with van der Waals surface area (Å²) in [4.78, 5) is 1.85. The van der Waals surface area contributed by atoms with E-state index in [0.717, 1.165) is 52.9 Å². The number of thioether (sulfide) groups is 1. The van der Waals surface area contributed by atoms with Gasteiger partial charge in [-0.1, -0.05) is 44.0 Å². The lowest BCUT2D eigenvalue weighted by Gasteiger charge is -2.29. The van der Waals surface area contributed by atoms with Gasteiger partial charge in [0.05, 0.1) is 5.56 Å². The second-order valence-electron chi connectivity index (χ2n) is 5.63. The molecule has 1 atom stereocenters. The molecule has 0 aromatic heterocycles. The monoisotopic (exact) mass is 353 g/mol. The predicted molar refractivity (Wildman–Crippen MR) is 95.2 cm³/mol. The summed E-state index contributed by atoms with van der Waals surface area (Å²) in [5.41, 5.74) is 1.12. The number of hydrogen-bond acceptors (Lipinski definition) is 2. The van der Waals surface area contributed by atoms with Gasteiger partial charge in [-0.3, -0.25) is 0 Å². The van der Waals surface area contributed by atoms with E-state index in [4.69, 9.17) is 0 Å². The minimum absolute atomic E-state index is 0.0762. The quantitative estimate of drug-likeness (QED) is 0.612. The fourth-order valence-corrected chi connectivity index (χ4v) is 4.05. The Hall–Kier alpha value is -1.46. The van der Waals surface area contributed by atoms with Crippen LogP contribution in [0.4, 0.5) is 13.2 Å². The number of hydrogen-bond donors (Lipinski definition) is 1. The first kappa shape index (κ1) is 18.9. The minimum Gasteiger partial charge on any atom is -0.317 e. The largest absolute Gasteiger partial charge is 0.416 e. The number of rotatable bonds is 7. The lowest BCUT2D eigenvalue weighted by molar-refractivity contribution is -0.137. The van der Waals surface area contributed by atoms with Crippen LogP contribution in [-0.2, 0) is 6.18 Å². The summed E-state index contributed by atoms with van der Waals surface area (Å²) in [7, 11) is 0. The Morgan fingerprint density at radius 1 is 1.25 bits per heavy atom. The maximum absolute atomic E-state index is 13.1. The fourth-order valence-electron chi connectivity index (χ4n) is 2.93. The van der Waals surface area contributed by atoms with E-state index in [2.05, 4.69) is 18.5 Å². The highest BCUT2D eigenvalue weighted by molar-refractivity contribution is 8.03. The van der Waals surface area contributed by atoms with Crippen LogP contribution in [0.15, 0.2) is 58.9 Å². The first-order valence-corrected chi connectivity index (χ1v) is 8.82. The van der Waals surface area contributed by atoms with Gasteiger partial charge in [-0.25, -0.2) is 0 Å². The van der Waals surface area contributed by atoms with Crippen molar-refractivity contribution in [3.63, 3.8) is 0 Å². The summed E-state index contributed by atoms with van der Waals surface area (Å²) in [5.74, 6) is -0.0762. The van der Waals surface area contributed by atoms with E-state index in [1.165, 1.54) is 17.8 Å². The maximum atomic E-state index is 13.1. The summed E-state index contributed by atoms with van der Waals surface area (Å²) >= 11 is 1.46. The van der Waals surface area contributed by atoms with Crippen LogP contribution in [0.1, 0.15) is 36.8 Å². The van der Waals surface area contributed by atoms with Crippen LogP contribution >= 0.6 is 11.8 Å². The van der Waals surface area contributed by atoms with E-state index in [9.17, 15) is 13.2 Å². The molecule has 130 valence electrons. The van der Waals surface area contributed by atoms with Gasteiger partial charge in [-0.15, -0.1) is 0 Å². The Morgan fingerprint density at radius 3 is 2.58 bits per heavy atom. The van der Waals surface area contributed by atoms with Gasteiger partial charge < -0.3 is 5.32 Å². The molecular formula is C19H22F3NS. The van der Waals surface area contributed by atoms with Gasteiger partial charge in [0.15, 0.2) is 0 Å². The first-order valence-electron chi connectivity index (χ1n) is 8.01. The Kier molecular flexibility index (Phi) is 6.35. The molecule has 5 heteroatoms. The van der Waals surface area contributed by atoms with Crippen molar-refractivity contribution in [2.24, 2.45) is 0 Å². The van der Waals surface area contributed by atoms with Crippen molar-refractivity contribution in [3.8, 4) is 0 Å². The summed E-state index contributed by atoms with van der Waals surface area (Å²) in [6.45, 7) is 11.5. The average Bonchev–Trinajstić information content (AvgIpc) is 2.56. The number of fused-ring (bicyclic) bond motifs is 1. The maximum Gasteiger partial charge on any atom is 0.416 e. The van der Waals surface area contributed by atoms with Crippen molar-refractivity contribution in [1.82, 2.24) is 5.32 Å². The molecule has 24 heavy (non-hydrogen) atoms. The first-order chi connectivity index (χ1) is 11.4. The van der Waals surface area contributed by atoms with E-state index >= 15 is 0 Å². The molecule has 0 saturated heterocycles. The lowest BCUT2D eigenvalue weighted by atomic mass is 9.85. The van der Waals surface area contributed by atoms with Crippen molar-refractivity contribution >= 4 is 11.8 Å². The molecule has 0 amide bonds. The van der Waals surface area contributed by atoms with Crippen LogP contribution < -0.4 is 5.32 Å². The molecule has 0 aliphatic carbocycles. The normalized spacial score (nSPS) is 17.6. The molecule has 1 aliphatic heterocycles. The highest BCUT2D eigenvalue weighted by Crippen LogP contribution is 2.48. The van der Waals surface area contributed by atoms with E-state index in [-0.39, 0.29) is 5.92 Å². The number of benzene rings is 1. The molecule has 0 fully saturated rings. The molecule has 1 nitrogen and oxygen atoms in total. The number of allylic oxidation sites excluding steroid dienone is 3. The van der Waals surface area contributed by atoms with E-state index < -0.39 is 11.7 Å². The van der Waals surface area contributed by atoms with Crippen molar-refractivity contribution in [3.05, 3.63) is 65.1 Å². The standard InChI is InChI=1S/C19H22F3NS/c1-4-14-15(8-7-11-23-6-3)16-12-13(19(20,21)22)9-10-18(16)24-17(14)5-2/h4-5,9-10,12,15,23H,1-2,6-8,11H2,3H3. The predicted octanol–water partition coefficient (Wildman–Crippen LogP) is 5.91. The van der Waals surface area contributed by atoms with E-state index in [0.29, 0.717) is 0 Å². The summed E-state index contributed by atoms with van der Waals surface area (Å²) in [6.07, 6.45) is 0.858. The van der Waals surface area contributed by atoms with Crippen LogP contribution in [0, 0.1) is 0 Å². The van der Waals surface area contributed by atoms with Gasteiger partial charge in [-0.2, -0.15) is 13.2 Å². The smallest absolute Gasteiger partial charge is 0.317 e. The highest BCUT2D eigenvalue weighted by atomic mass is 32.2. The number of nitrogens with one attached hydrogen (secondary N) is 1. The average molecular weight is 353 g/mol. The second-order valence-corrected chi connectivity index (χ2v) is 6.71. The van der Waals surface area contributed by atoms with Crippen LogP contribution in [0.5, 0.6) is 0 Å². The summed E-state index contributed by atoms with van der Waals surface area (Å²) in [6, 6.07) is 4.02. The van der Waals surface area contributed by atoms with E-state index in [1.807, 2.05) is 6.92 Å². The van der Waals surface area contributed by atoms with Gasteiger partial charge in [0.2, 0.25) is 0 Å². The van der Waals surface area contributed by atoms with Crippen LogP contribution in [-0.4, -0.2) is 13.1 Å². The summed E-state index contributed by atoms with van der Waals surface area (Å²) < 4.78 is 39.3. The fraction of sp³-hybridized carbons (Fsp3) is 0.368. The van der Waals surface area contributed by atoms with Crippen LogP contribution in [0.3, 0.4) is 0 Å². The minimum atomic E-state index is -4.33.